The van der Waals surface area contributed by atoms with Gasteiger partial charge in [0.25, 0.3) is 5.91 Å². The van der Waals surface area contributed by atoms with Crippen molar-refractivity contribution < 1.29 is 4.79 Å². The molecule has 4 rings (SSSR count). The Morgan fingerprint density at radius 1 is 1.17 bits per heavy atom. The lowest BCUT2D eigenvalue weighted by atomic mass is 10.1. The van der Waals surface area contributed by atoms with Gasteiger partial charge in [-0.1, -0.05) is 24.3 Å². The first-order chi connectivity index (χ1) is 14.5. The first-order valence-electron chi connectivity index (χ1n) is 9.60. The molecule has 0 aliphatic rings. The van der Waals surface area contributed by atoms with Crippen LogP contribution in [0.5, 0.6) is 0 Å². The van der Waals surface area contributed by atoms with Crippen LogP contribution in [-0.2, 0) is 25.3 Å². The summed E-state index contributed by atoms with van der Waals surface area (Å²) in [5, 5.41) is 13.4. The summed E-state index contributed by atoms with van der Waals surface area (Å²) in [5.74, 6) is -0.417. The number of hydrogen-bond acceptors (Lipinski definition) is 3. The van der Waals surface area contributed by atoms with Crippen molar-refractivity contribution in [2.24, 2.45) is 14.1 Å². The van der Waals surface area contributed by atoms with Crippen molar-refractivity contribution in [3.8, 4) is 6.07 Å². The maximum absolute atomic E-state index is 12.5. The van der Waals surface area contributed by atoms with Crippen molar-refractivity contribution in [2.45, 2.75) is 6.42 Å². The minimum Gasteiger partial charge on any atom is -0.361 e. The van der Waals surface area contributed by atoms with Crippen LogP contribution in [-0.4, -0.2) is 26.6 Å². The molecule has 0 atom stereocenters. The van der Waals surface area contributed by atoms with Gasteiger partial charge in [-0.2, -0.15) is 5.26 Å². The second-order valence-electron chi connectivity index (χ2n) is 7.18. The van der Waals surface area contributed by atoms with Crippen LogP contribution in [0, 0.1) is 11.3 Å². The third-order valence-electron chi connectivity index (χ3n) is 5.33. The SMILES string of the molecule is Cn1c(=O)n(C)c2cc(C=C(C#N)C(=O)NCCc3c[nH]c4ccccc34)ccc21. The van der Waals surface area contributed by atoms with Gasteiger partial charge in [0.15, 0.2) is 0 Å². The molecule has 7 nitrogen and oxygen atoms in total. The van der Waals surface area contributed by atoms with Crippen LogP contribution in [0.25, 0.3) is 28.0 Å². The predicted octanol–water partition coefficient (Wildman–Crippen LogP) is 2.62. The third-order valence-corrected chi connectivity index (χ3v) is 5.33. The highest BCUT2D eigenvalue weighted by Crippen LogP contribution is 2.18. The highest BCUT2D eigenvalue weighted by atomic mass is 16.2. The van der Waals surface area contributed by atoms with E-state index in [2.05, 4.69) is 10.3 Å². The average Bonchev–Trinajstić information content (AvgIpc) is 3.27. The number of fused-ring (bicyclic) bond motifs is 2. The smallest absolute Gasteiger partial charge is 0.328 e. The monoisotopic (exact) mass is 399 g/mol. The molecule has 150 valence electrons. The zero-order valence-electron chi connectivity index (χ0n) is 16.8. The molecule has 0 radical (unpaired) electrons. The summed E-state index contributed by atoms with van der Waals surface area (Å²) in [6.45, 7) is 0.423. The molecule has 0 aliphatic carbocycles. The van der Waals surface area contributed by atoms with Gasteiger partial charge >= 0.3 is 5.69 Å². The predicted molar refractivity (Wildman–Crippen MR) is 117 cm³/mol. The molecule has 0 unspecified atom stereocenters. The van der Waals surface area contributed by atoms with Crippen molar-refractivity contribution in [2.75, 3.05) is 6.54 Å². The van der Waals surface area contributed by atoms with Crippen molar-refractivity contribution >= 4 is 33.9 Å². The number of hydrogen-bond donors (Lipinski definition) is 2. The molecule has 0 bridgehead atoms. The Morgan fingerprint density at radius 3 is 2.73 bits per heavy atom. The van der Waals surface area contributed by atoms with E-state index in [9.17, 15) is 14.9 Å². The van der Waals surface area contributed by atoms with Crippen molar-refractivity contribution in [1.82, 2.24) is 19.4 Å². The highest BCUT2D eigenvalue weighted by molar-refractivity contribution is 6.02. The van der Waals surface area contributed by atoms with Gasteiger partial charge in [-0.25, -0.2) is 4.79 Å². The number of benzene rings is 2. The Morgan fingerprint density at radius 2 is 1.93 bits per heavy atom. The number of rotatable bonds is 5. The van der Waals surface area contributed by atoms with Gasteiger partial charge in [0.1, 0.15) is 11.6 Å². The second kappa shape index (κ2) is 7.76. The Kier molecular flexibility index (Phi) is 4.98. The fraction of sp³-hybridized carbons (Fsp3) is 0.174. The van der Waals surface area contributed by atoms with E-state index in [4.69, 9.17) is 0 Å². The van der Waals surface area contributed by atoms with Crippen LogP contribution in [0.4, 0.5) is 0 Å². The third kappa shape index (κ3) is 3.40. The number of H-pyrrole nitrogens is 1. The number of amides is 1. The molecular formula is C23H21N5O2. The number of carbonyl (C=O) groups is 1. The van der Waals surface area contributed by atoms with Gasteiger partial charge in [0.2, 0.25) is 0 Å². The van der Waals surface area contributed by atoms with Crippen molar-refractivity contribution in [3.05, 3.63) is 75.8 Å². The van der Waals surface area contributed by atoms with Crippen LogP contribution in [0.1, 0.15) is 11.1 Å². The Hall–Kier alpha value is -4.05. The highest BCUT2D eigenvalue weighted by Gasteiger charge is 2.11. The number of carbonyl (C=O) groups excluding carboxylic acids is 1. The maximum Gasteiger partial charge on any atom is 0.328 e. The van der Waals surface area contributed by atoms with E-state index in [1.807, 2.05) is 42.6 Å². The van der Waals surface area contributed by atoms with E-state index < -0.39 is 5.91 Å². The summed E-state index contributed by atoms with van der Waals surface area (Å²) in [6, 6.07) is 15.4. The van der Waals surface area contributed by atoms with Crippen molar-refractivity contribution in [1.29, 1.82) is 5.26 Å². The number of para-hydroxylation sites is 1. The normalized spacial score (nSPS) is 11.7. The number of aromatic amines is 1. The largest absolute Gasteiger partial charge is 0.361 e. The van der Waals surface area contributed by atoms with Gasteiger partial charge in [-0.3, -0.25) is 13.9 Å². The Balaban J connectivity index is 1.49. The number of imidazole rings is 1. The molecule has 0 saturated heterocycles. The molecule has 2 heterocycles. The van der Waals surface area contributed by atoms with E-state index in [0.29, 0.717) is 18.5 Å². The summed E-state index contributed by atoms with van der Waals surface area (Å²) in [5.41, 5.74) is 4.29. The first kappa shape index (κ1) is 19.3. The maximum atomic E-state index is 12.5. The van der Waals surface area contributed by atoms with Crippen LogP contribution < -0.4 is 11.0 Å². The standard InChI is InChI=1S/C23H21N5O2/c1-27-20-8-7-15(12-21(20)28(2)23(27)30)11-17(13-24)22(29)25-10-9-16-14-26-19-6-4-3-5-18(16)19/h3-8,11-12,14,26H,9-10H2,1-2H3,(H,25,29). The Bertz CT molecular complexity index is 1390. The summed E-state index contributed by atoms with van der Waals surface area (Å²) in [7, 11) is 3.41. The minimum atomic E-state index is -0.417. The van der Waals surface area contributed by atoms with Crippen LogP contribution in [0.3, 0.4) is 0 Å². The number of nitrogens with zero attached hydrogens (tertiary/aromatic N) is 3. The minimum absolute atomic E-state index is 0.0224. The molecule has 7 heteroatoms. The molecule has 2 N–H and O–H groups in total. The fourth-order valence-electron chi connectivity index (χ4n) is 3.67. The summed E-state index contributed by atoms with van der Waals surface area (Å²) < 4.78 is 3.10. The number of nitrogens with one attached hydrogen (secondary N) is 2. The molecular weight excluding hydrogens is 378 g/mol. The second-order valence-corrected chi connectivity index (χ2v) is 7.18. The molecule has 30 heavy (non-hydrogen) atoms. The summed E-state index contributed by atoms with van der Waals surface area (Å²) in [6.07, 6.45) is 4.14. The van der Waals surface area contributed by atoms with Gasteiger partial charge in [0.05, 0.1) is 11.0 Å². The van der Waals surface area contributed by atoms with Crippen LogP contribution >= 0.6 is 0 Å². The zero-order chi connectivity index (χ0) is 21.3. The first-order valence-corrected chi connectivity index (χ1v) is 9.60. The fourth-order valence-corrected chi connectivity index (χ4v) is 3.67. The van der Waals surface area contributed by atoms with E-state index in [1.54, 1.807) is 35.4 Å². The molecule has 0 saturated carbocycles. The quantitative estimate of drug-likeness (QED) is 0.399. The zero-order valence-corrected chi connectivity index (χ0v) is 16.8. The van der Waals surface area contributed by atoms with Crippen molar-refractivity contribution in [3.63, 3.8) is 0 Å². The molecule has 0 fully saturated rings. The summed E-state index contributed by atoms with van der Waals surface area (Å²) >= 11 is 0. The number of aryl methyl sites for hydroxylation is 2. The van der Waals surface area contributed by atoms with Gasteiger partial charge in [-0.05, 0) is 41.8 Å². The van der Waals surface area contributed by atoms with E-state index in [-0.39, 0.29) is 11.3 Å². The summed E-state index contributed by atoms with van der Waals surface area (Å²) in [4.78, 5) is 27.8. The van der Waals surface area contributed by atoms with E-state index >= 15 is 0 Å². The number of nitriles is 1. The van der Waals surface area contributed by atoms with Gasteiger partial charge in [-0.15, -0.1) is 0 Å². The topological polar surface area (TPSA) is 95.6 Å². The molecule has 2 aromatic heterocycles. The molecule has 0 spiro atoms. The number of aromatic nitrogens is 3. The molecule has 1 amide bonds. The van der Waals surface area contributed by atoms with Crippen LogP contribution in [0.15, 0.2) is 59.0 Å². The van der Waals surface area contributed by atoms with Crippen LogP contribution in [0.2, 0.25) is 0 Å². The Labute approximate surface area is 172 Å². The lowest BCUT2D eigenvalue weighted by Crippen LogP contribution is -2.26. The molecule has 0 aliphatic heterocycles. The molecule has 4 aromatic rings. The lowest BCUT2D eigenvalue weighted by molar-refractivity contribution is -0.117. The molecule has 2 aromatic carbocycles. The van der Waals surface area contributed by atoms with E-state index in [0.717, 1.165) is 27.5 Å². The lowest BCUT2D eigenvalue weighted by Gasteiger charge is -2.04. The average molecular weight is 399 g/mol. The van der Waals surface area contributed by atoms with Gasteiger partial charge in [0, 0.05) is 37.7 Å². The van der Waals surface area contributed by atoms with E-state index in [1.165, 1.54) is 6.08 Å². The van der Waals surface area contributed by atoms with Gasteiger partial charge < -0.3 is 10.3 Å².